The minimum atomic E-state index is -1.64. The molecule has 1 saturated heterocycles. The van der Waals surface area contributed by atoms with E-state index in [1.165, 1.54) is 0 Å². The number of carbonyl (C=O) groups is 5. The highest BCUT2D eigenvalue weighted by atomic mass is 16.7. The van der Waals surface area contributed by atoms with Crippen LogP contribution in [0.5, 0.6) is 0 Å². The van der Waals surface area contributed by atoms with E-state index >= 15 is 0 Å². The standard InChI is InChI=1S/C51H52O11/c52-43(31-26-37-16-6-1-7-17-37)57-36-42-48(59-44(53)32-27-38-18-8-2-9-19-38)49(60-45(54)33-28-39-20-10-3-11-21-39)50(61-46(55)34-29-40-22-12-4-13-23-40)51(58-42)62-47(56)35-30-41-24-14-5-15-25-41/h1-25,42,48-51H,26-36H2. The number of ether oxygens (including phenoxy) is 6. The van der Waals surface area contributed by atoms with Crippen molar-refractivity contribution in [2.45, 2.75) is 94.9 Å². The molecule has 0 bridgehead atoms. The molecule has 0 N–H and O–H groups in total. The van der Waals surface area contributed by atoms with Crippen LogP contribution in [0.15, 0.2) is 152 Å². The van der Waals surface area contributed by atoms with Crippen molar-refractivity contribution in [3.63, 3.8) is 0 Å². The third-order valence-electron chi connectivity index (χ3n) is 10.4. The van der Waals surface area contributed by atoms with E-state index in [1.807, 2.05) is 152 Å². The molecule has 5 unspecified atom stereocenters. The minimum absolute atomic E-state index is 0.0374. The van der Waals surface area contributed by atoms with Crippen LogP contribution in [-0.4, -0.2) is 67.2 Å². The van der Waals surface area contributed by atoms with E-state index in [2.05, 4.69) is 0 Å². The summed E-state index contributed by atoms with van der Waals surface area (Å²) in [6.07, 6.45) is -5.99. The van der Waals surface area contributed by atoms with Gasteiger partial charge in [-0.05, 0) is 59.9 Å². The Morgan fingerprint density at radius 2 is 0.645 bits per heavy atom. The average Bonchev–Trinajstić information content (AvgIpc) is 3.31. The summed E-state index contributed by atoms with van der Waals surface area (Å²) in [5, 5.41) is 0. The molecule has 1 aliphatic heterocycles. The maximum atomic E-state index is 13.8. The highest BCUT2D eigenvalue weighted by Crippen LogP contribution is 2.31. The molecule has 11 heteroatoms. The lowest BCUT2D eigenvalue weighted by Gasteiger charge is -2.44. The quantitative estimate of drug-likeness (QED) is 0.0531. The van der Waals surface area contributed by atoms with E-state index in [4.69, 9.17) is 28.4 Å². The van der Waals surface area contributed by atoms with Crippen molar-refractivity contribution in [1.82, 2.24) is 0 Å². The third kappa shape index (κ3) is 14.8. The minimum Gasteiger partial charge on any atom is -0.463 e. The van der Waals surface area contributed by atoms with Gasteiger partial charge in [-0.2, -0.15) is 0 Å². The van der Waals surface area contributed by atoms with Gasteiger partial charge in [0.15, 0.2) is 12.2 Å². The average molecular weight is 841 g/mol. The molecule has 0 aromatic heterocycles. The molecule has 0 radical (unpaired) electrons. The second-order valence-electron chi connectivity index (χ2n) is 15.0. The van der Waals surface area contributed by atoms with E-state index in [0.717, 1.165) is 27.8 Å². The van der Waals surface area contributed by atoms with Crippen LogP contribution in [0.25, 0.3) is 0 Å². The summed E-state index contributed by atoms with van der Waals surface area (Å²) in [6.45, 7) is -0.463. The first-order valence-electron chi connectivity index (χ1n) is 21.1. The lowest BCUT2D eigenvalue weighted by atomic mass is 9.97. The topological polar surface area (TPSA) is 141 Å². The Hall–Kier alpha value is -6.59. The van der Waals surface area contributed by atoms with Crippen LogP contribution in [0.2, 0.25) is 0 Å². The summed E-state index contributed by atoms with van der Waals surface area (Å²) in [4.78, 5) is 68.0. The molecule has 5 aromatic rings. The van der Waals surface area contributed by atoms with E-state index in [-0.39, 0.29) is 32.1 Å². The van der Waals surface area contributed by atoms with Crippen molar-refractivity contribution in [1.29, 1.82) is 0 Å². The van der Waals surface area contributed by atoms with Crippen LogP contribution >= 0.6 is 0 Å². The van der Waals surface area contributed by atoms with Crippen LogP contribution in [0.4, 0.5) is 0 Å². The number of aryl methyl sites for hydroxylation is 5. The van der Waals surface area contributed by atoms with Gasteiger partial charge in [-0.15, -0.1) is 0 Å². The Kier molecular flexibility index (Phi) is 17.4. The van der Waals surface area contributed by atoms with Gasteiger partial charge in [-0.1, -0.05) is 152 Å². The molecule has 0 aliphatic carbocycles. The maximum absolute atomic E-state index is 13.8. The van der Waals surface area contributed by atoms with Crippen LogP contribution < -0.4 is 0 Å². The number of carbonyl (C=O) groups excluding carboxylic acids is 5. The Morgan fingerprint density at radius 1 is 0.355 bits per heavy atom. The molecule has 6 rings (SSSR count). The van der Waals surface area contributed by atoms with E-state index in [1.54, 1.807) is 0 Å². The zero-order chi connectivity index (χ0) is 43.4. The largest absolute Gasteiger partial charge is 0.463 e. The van der Waals surface area contributed by atoms with Crippen LogP contribution in [-0.2, 0) is 84.5 Å². The Balaban J connectivity index is 1.29. The Labute approximate surface area is 362 Å². The van der Waals surface area contributed by atoms with Crippen molar-refractivity contribution < 1.29 is 52.4 Å². The van der Waals surface area contributed by atoms with Crippen molar-refractivity contribution in [2.75, 3.05) is 6.61 Å². The molecule has 62 heavy (non-hydrogen) atoms. The number of hydrogen-bond acceptors (Lipinski definition) is 11. The predicted octanol–water partition coefficient (Wildman–Crippen LogP) is 7.70. The molecule has 0 spiro atoms. The van der Waals surface area contributed by atoms with Gasteiger partial charge in [-0.3, -0.25) is 24.0 Å². The van der Waals surface area contributed by atoms with Gasteiger partial charge in [0.05, 0.1) is 0 Å². The van der Waals surface area contributed by atoms with Gasteiger partial charge in [-0.25, -0.2) is 0 Å². The van der Waals surface area contributed by atoms with Gasteiger partial charge < -0.3 is 28.4 Å². The maximum Gasteiger partial charge on any atom is 0.308 e. The van der Waals surface area contributed by atoms with Gasteiger partial charge in [0.1, 0.15) is 12.7 Å². The van der Waals surface area contributed by atoms with Crippen LogP contribution in [0.1, 0.15) is 59.9 Å². The lowest BCUT2D eigenvalue weighted by molar-refractivity contribution is -0.301. The number of rotatable bonds is 21. The van der Waals surface area contributed by atoms with Crippen molar-refractivity contribution in [3.05, 3.63) is 179 Å². The Morgan fingerprint density at radius 3 is 1.00 bits per heavy atom. The molecule has 11 nitrogen and oxygen atoms in total. The SMILES string of the molecule is O=C(CCc1ccccc1)OCC1OC(OC(=O)CCc2ccccc2)C(OC(=O)CCc2ccccc2)C(OC(=O)CCc2ccccc2)C1OC(=O)CCc1ccccc1. The lowest BCUT2D eigenvalue weighted by Crippen LogP contribution is -2.63. The summed E-state index contributed by atoms with van der Waals surface area (Å²) in [5.74, 6) is -3.30. The number of esters is 5. The zero-order valence-corrected chi connectivity index (χ0v) is 34.6. The van der Waals surface area contributed by atoms with Crippen LogP contribution in [0, 0.1) is 0 Å². The summed E-state index contributed by atoms with van der Waals surface area (Å²) in [6, 6.07) is 46.8. The number of hydrogen-bond donors (Lipinski definition) is 0. The Bertz CT molecular complexity index is 2150. The molecule has 5 atom stereocenters. The second kappa shape index (κ2) is 24.0. The molecular weight excluding hydrogens is 789 g/mol. The first-order chi connectivity index (χ1) is 30.3. The summed E-state index contributed by atoms with van der Waals surface area (Å²) >= 11 is 0. The molecule has 0 amide bonds. The summed E-state index contributed by atoms with van der Waals surface area (Å²) in [7, 11) is 0. The van der Waals surface area contributed by atoms with Gasteiger partial charge >= 0.3 is 29.8 Å². The van der Waals surface area contributed by atoms with Crippen molar-refractivity contribution >= 4 is 29.8 Å². The first kappa shape index (κ1) is 44.9. The van der Waals surface area contributed by atoms with Crippen molar-refractivity contribution in [3.8, 4) is 0 Å². The van der Waals surface area contributed by atoms with E-state index in [0.29, 0.717) is 32.1 Å². The van der Waals surface area contributed by atoms with E-state index < -0.39 is 67.2 Å². The molecular formula is C51H52O11. The summed E-state index contributed by atoms with van der Waals surface area (Å²) < 4.78 is 36.3. The highest BCUT2D eigenvalue weighted by molar-refractivity contribution is 5.73. The first-order valence-corrected chi connectivity index (χ1v) is 21.1. The fourth-order valence-electron chi connectivity index (χ4n) is 7.03. The molecule has 1 aliphatic rings. The summed E-state index contributed by atoms with van der Waals surface area (Å²) in [5.41, 5.74) is 4.49. The smallest absolute Gasteiger partial charge is 0.308 e. The third-order valence-corrected chi connectivity index (χ3v) is 10.4. The molecule has 0 saturated carbocycles. The normalized spacial score (nSPS) is 18.2. The van der Waals surface area contributed by atoms with Crippen molar-refractivity contribution in [2.24, 2.45) is 0 Å². The monoisotopic (exact) mass is 840 g/mol. The molecule has 1 heterocycles. The van der Waals surface area contributed by atoms with Crippen LogP contribution in [0.3, 0.4) is 0 Å². The van der Waals surface area contributed by atoms with E-state index in [9.17, 15) is 24.0 Å². The fraction of sp³-hybridized carbons (Fsp3) is 0.314. The number of benzene rings is 5. The fourth-order valence-corrected chi connectivity index (χ4v) is 7.03. The molecule has 322 valence electrons. The predicted molar refractivity (Wildman–Crippen MR) is 229 cm³/mol. The van der Waals surface area contributed by atoms with Gasteiger partial charge in [0.25, 0.3) is 0 Å². The second-order valence-corrected chi connectivity index (χ2v) is 15.0. The zero-order valence-electron chi connectivity index (χ0n) is 34.6. The molecule has 5 aromatic carbocycles. The van der Waals surface area contributed by atoms with Gasteiger partial charge in [0, 0.05) is 32.1 Å². The van der Waals surface area contributed by atoms with Gasteiger partial charge in [0.2, 0.25) is 12.4 Å². The molecule has 1 fully saturated rings. The highest BCUT2D eigenvalue weighted by Gasteiger charge is 2.54.